The molecule has 0 amide bonds. The molecule has 0 aromatic heterocycles. The summed E-state index contributed by atoms with van der Waals surface area (Å²) in [5.74, 6) is -3.09. The second-order valence-corrected chi connectivity index (χ2v) is 5.46. The number of para-hydroxylation sites is 1. The van der Waals surface area contributed by atoms with Gasteiger partial charge in [-0.1, -0.05) is 42.5 Å². The summed E-state index contributed by atoms with van der Waals surface area (Å²) in [6.45, 7) is 3.33. The van der Waals surface area contributed by atoms with Crippen LogP contribution in [0, 0.1) is 13.8 Å². The molecular formula is C18H18O6. The van der Waals surface area contributed by atoms with Crippen LogP contribution in [-0.4, -0.2) is 33.4 Å². The molecule has 0 bridgehead atoms. The van der Waals surface area contributed by atoms with Gasteiger partial charge in [0.2, 0.25) is 6.10 Å². The molecule has 0 aliphatic rings. The van der Waals surface area contributed by atoms with E-state index in [2.05, 4.69) is 0 Å². The molecule has 2 aromatic rings. The van der Waals surface area contributed by atoms with Gasteiger partial charge < -0.3 is 20.1 Å². The highest BCUT2D eigenvalue weighted by Gasteiger charge is 2.54. The Morgan fingerprint density at radius 1 is 0.958 bits per heavy atom. The number of carboxylic acid groups (broad SMARTS) is 2. The van der Waals surface area contributed by atoms with E-state index >= 15 is 0 Å². The minimum absolute atomic E-state index is 0.0793. The topological polar surface area (TPSA) is 104 Å². The Hall–Kier alpha value is -2.86. The lowest BCUT2D eigenvalue weighted by atomic mass is 9.84. The molecule has 0 spiro atoms. The molecule has 24 heavy (non-hydrogen) atoms. The number of aliphatic hydroxyl groups excluding tert-OH is 1. The molecule has 2 atom stereocenters. The third-order valence-electron chi connectivity index (χ3n) is 3.85. The van der Waals surface area contributed by atoms with Crippen LogP contribution in [-0.2, 0) is 15.2 Å². The number of benzene rings is 2. The number of hydrogen-bond donors (Lipinski definition) is 3. The number of carboxylic acids is 2. The fraction of sp³-hybridized carbons (Fsp3) is 0.222. The monoisotopic (exact) mass is 330 g/mol. The maximum Gasteiger partial charge on any atom is 0.356 e. The highest BCUT2D eigenvalue weighted by molar-refractivity contribution is 5.89. The van der Waals surface area contributed by atoms with Gasteiger partial charge in [0.25, 0.3) is 5.60 Å². The van der Waals surface area contributed by atoms with E-state index in [-0.39, 0.29) is 11.3 Å². The van der Waals surface area contributed by atoms with Crippen LogP contribution in [0.3, 0.4) is 0 Å². The van der Waals surface area contributed by atoms with Crippen molar-refractivity contribution in [2.75, 3.05) is 0 Å². The van der Waals surface area contributed by atoms with Crippen LogP contribution in [0.5, 0.6) is 5.75 Å². The highest BCUT2D eigenvalue weighted by Crippen LogP contribution is 2.35. The zero-order valence-electron chi connectivity index (χ0n) is 13.3. The lowest BCUT2D eigenvalue weighted by Gasteiger charge is -2.34. The molecule has 3 N–H and O–H groups in total. The fourth-order valence-electron chi connectivity index (χ4n) is 2.54. The van der Waals surface area contributed by atoms with Gasteiger partial charge in [-0.25, -0.2) is 9.59 Å². The Morgan fingerprint density at radius 3 is 2.00 bits per heavy atom. The summed E-state index contributed by atoms with van der Waals surface area (Å²) in [5, 5.41) is 29.3. The molecule has 0 radical (unpaired) electrons. The van der Waals surface area contributed by atoms with Crippen LogP contribution in [0.4, 0.5) is 0 Å². The van der Waals surface area contributed by atoms with Gasteiger partial charge in [-0.15, -0.1) is 0 Å². The van der Waals surface area contributed by atoms with Crippen molar-refractivity contribution in [3.05, 3.63) is 65.2 Å². The molecule has 6 nitrogen and oxygen atoms in total. The maximum absolute atomic E-state index is 12.1. The summed E-state index contributed by atoms with van der Waals surface area (Å²) in [5.41, 5.74) is -1.28. The predicted octanol–water partition coefficient (Wildman–Crippen LogP) is 2.11. The largest absolute Gasteiger partial charge is 0.479 e. The number of aryl methyl sites for hydroxylation is 2. The second-order valence-electron chi connectivity index (χ2n) is 5.46. The van der Waals surface area contributed by atoms with Crippen molar-refractivity contribution in [2.24, 2.45) is 0 Å². The van der Waals surface area contributed by atoms with E-state index in [9.17, 15) is 24.9 Å². The number of ether oxygens (including phenoxy) is 1. The van der Waals surface area contributed by atoms with E-state index in [1.54, 1.807) is 50.2 Å². The first-order chi connectivity index (χ1) is 11.3. The van der Waals surface area contributed by atoms with E-state index in [1.165, 1.54) is 12.1 Å². The highest BCUT2D eigenvalue weighted by atomic mass is 16.5. The van der Waals surface area contributed by atoms with Crippen LogP contribution in [0.2, 0.25) is 0 Å². The third kappa shape index (κ3) is 2.96. The first kappa shape index (κ1) is 17.5. The summed E-state index contributed by atoms with van der Waals surface area (Å²) in [6, 6.07) is 12.9. The number of carbonyl (C=O) groups is 2. The van der Waals surface area contributed by atoms with Crippen molar-refractivity contribution >= 4 is 11.9 Å². The quantitative estimate of drug-likeness (QED) is 0.749. The van der Waals surface area contributed by atoms with Gasteiger partial charge in [-0.3, -0.25) is 0 Å². The first-order valence-corrected chi connectivity index (χ1v) is 7.25. The zero-order valence-corrected chi connectivity index (χ0v) is 13.3. The van der Waals surface area contributed by atoms with Gasteiger partial charge in [-0.05, 0) is 31.0 Å². The lowest BCUT2D eigenvalue weighted by Crippen LogP contribution is -2.55. The lowest BCUT2D eigenvalue weighted by molar-refractivity contribution is -0.180. The Balaban J connectivity index is 2.72. The van der Waals surface area contributed by atoms with Crippen molar-refractivity contribution in [3.63, 3.8) is 0 Å². The van der Waals surface area contributed by atoms with Crippen molar-refractivity contribution < 1.29 is 29.6 Å². The number of aliphatic hydroxyl groups is 1. The zero-order chi connectivity index (χ0) is 17.9. The first-order valence-electron chi connectivity index (χ1n) is 7.25. The summed E-state index contributed by atoms with van der Waals surface area (Å²) in [7, 11) is 0. The minimum atomic E-state index is -2.47. The molecule has 126 valence electrons. The Morgan fingerprint density at radius 2 is 1.50 bits per heavy atom. The molecule has 0 aliphatic carbocycles. The average Bonchev–Trinajstić information content (AvgIpc) is 2.54. The molecule has 0 unspecified atom stereocenters. The molecule has 0 fully saturated rings. The summed E-state index contributed by atoms with van der Waals surface area (Å²) >= 11 is 0. The van der Waals surface area contributed by atoms with Gasteiger partial charge >= 0.3 is 11.9 Å². The predicted molar refractivity (Wildman–Crippen MR) is 85.9 cm³/mol. The van der Waals surface area contributed by atoms with Crippen LogP contribution in [0.1, 0.15) is 16.7 Å². The molecular weight excluding hydrogens is 312 g/mol. The molecule has 2 rings (SSSR count). The normalized spacial score (nSPS) is 14.5. The van der Waals surface area contributed by atoms with E-state index in [4.69, 9.17) is 4.74 Å². The molecule has 2 aromatic carbocycles. The molecule has 0 heterocycles. The Kier molecular flexibility index (Phi) is 4.90. The molecule has 6 heteroatoms. The Labute approximate surface area is 138 Å². The number of aliphatic carboxylic acids is 2. The maximum atomic E-state index is 12.1. The standard InChI is InChI=1S/C18H18O6/c1-11-7-3-5-9-13(11)18(17(22)23,15(19)16(20)21)24-14-10-6-4-8-12(14)2/h3-10,15,19H,1-2H3,(H,20,21)(H,22,23)/t15-,18+/m1/s1. The van der Waals surface area contributed by atoms with Crippen LogP contribution >= 0.6 is 0 Å². The van der Waals surface area contributed by atoms with Gasteiger partial charge in [0.05, 0.1) is 0 Å². The minimum Gasteiger partial charge on any atom is -0.479 e. The van der Waals surface area contributed by atoms with Gasteiger partial charge in [0.1, 0.15) is 5.75 Å². The third-order valence-corrected chi connectivity index (χ3v) is 3.85. The van der Waals surface area contributed by atoms with Gasteiger partial charge in [0, 0.05) is 5.56 Å². The van der Waals surface area contributed by atoms with E-state index in [0.717, 1.165) is 0 Å². The summed E-state index contributed by atoms with van der Waals surface area (Å²) in [6.07, 6.45) is -2.30. The summed E-state index contributed by atoms with van der Waals surface area (Å²) in [4.78, 5) is 23.5. The van der Waals surface area contributed by atoms with Crippen molar-refractivity contribution in [1.82, 2.24) is 0 Å². The smallest absolute Gasteiger partial charge is 0.356 e. The fourth-order valence-corrected chi connectivity index (χ4v) is 2.54. The van der Waals surface area contributed by atoms with E-state index < -0.39 is 23.6 Å². The van der Waals surface area contributed by atoms with Crippen LogP contribution in [0.25, 0.3) is 0 Å². The van der Waals surface area contributed by atoms with Crippen LogP contribution < -0.4 is 4.74 Å². The van der Waals surface area contributed by atoms with Gasteiger partial charge in [0.15, 0.2) is 0 Å². The SMILES string of the molecule is Cc1ccccc1O[C@@](C(=O)O)(c1ccccc1C)[C@H](O)C(=O)O. The second kappa shape index (κ2) is 6.72. The summed E-state index contributed by atoms with van der Waals surface area (Å²) < 4.78 is 5.65. The molecule has 0 saturated carbocycles. The molecule has 0 saturated heterocycles. The van der Waals surface area contributed by atoms with Crippen LogP contribution in [0.15, 0.2) is 48.5 Å². The number of rotatable bonds is 6. The van der Waals surface area contributed by atoms with Crippen molar-refractivity contribution in [2.45, 2.75) is 25.6 Å². The Bertz CT molecular complexity index is 770. The van der Waals surface area contributed by atoms with Gasteiger partial charge in [-0.2, -0.15) is 0 Å². The van der Waals surface area contributed by atoms with Crippen molar-refractivity contribution in [3.8, 4) is 5.75 Å². The van der Waals surface area contributed by atoms with E-state index in [0.29, 0.717) is 11.1 Å². The number of hydrogen-bond acceptors (Lipinski definition) is 4. The van der Waals surface area contributed by atoms with E-state index in [1.807, 2.05) is 0 Å². The average molecular weight is 330 g/mol. The molecule has 0 aliphatic heterocycles. The van der Waals surface area contributed by atoms with Crippen molar-refractivity contribution in [1.29, 1.82) is 0 Å².